The van der Waals surface area contributed by atoms with Crippen LogP contribution in [0.25, 0.3) is 0 Å². The molecular formula is C10H17Cl3O2Si. The van der Waals surface area contributed by atoms with Crippen molar-refractivity contribution >= 4 is 45.2 Å². The molecule has 0 amide bonds. The number of methoxy groups -OCH3 is 1. The van der Waals surface area contributed by atoms with E-state index in [1.165, 1.54) is 7.11 Å². The maximum absolute atomic E-state index is 11.4. The molecule has 0 aliphatic heterocycles. The third-order valence-corrected chi connectivity index (χ3v) is 4.67. The molecule has 0 aliphatic carbocycles. The SMILES string of the molecule is C=C(C(=O)OC)C(CCCC)C[Si](Cl)(Cl)Cl. The lowest BCUT2D eigenvalue weighted by Gasteiger charge is -2.20. The molecule has 0 rings (SSSR count). The second kappa shape index (κ2) is 7.59. The quantitative estimate of drug-likeness (QED) is 0.305. The molecule has 0 aromatic heterocycles. The van der Waals surface area contributed by atoms with Crippen LogP contribution in [0.1, 0.15) is 26.2 Å². The maximum atomic E-state index is 11.4. The number of hydrogen-bond donors (Lipinski definition) is 0. The Kier molecular flexibility index (Phi) is 7.73. The number of ether oxygens (including phenoxy) is 1. The van der Waals surface area contributed by atoms with E-state index in [1.54, 1.807) is 0 Å². The van der Waals surface area contributed by atoms with Gasteiger partial charge in [0.2, 0.25) is 0 Å². The molecule has 6 heteroatoms. The summed E-state index contributed by atoms with van der Waals surface area (Å²) >= 11 is 17.6. The predicted molar refractivity (Wildman–Crippen MR) is 72.3 cm³/mol. The van der Waals surface area contributed by atoms with Crippen molar-refractivity contribution in [3.8, 4) is 0 Å². The second-order valence-electron chi connectivity index (χ2n) is 3.68. The van der Waals surface area contributed by atoms with Crippen LogP contribution in [0.5, 0.6) is 0 Å². The molecule has 0 aromatic carbocycles. The first kappa shape index (κ1) is 16.3. The van der Waals surface area contributed by atoms with E-state index in [9.17, 15) is 4.79 Å². The monoisotopic (exact) mass is 302 g/mol. The van der Waals surface area contributed by atoms with E-state index in [-0.39, 0.29) is 5.92 Å². The lowest BCUT2D eigenvalue weighted by atomic mass is 9.96. The van der Waals surface area contributed by atoms with Gasteiger partial charge in [0.1, 0.15) is 0 Å². The highest BCUT2D eigenvalue weighted by Crippen LogP contribution is 2.34. The average Bonchev–Trinajstić information content (AvgIpc) is 2.20. The van der Waals surface area contributed by atoms with E-state index < -0.39 is 12.0 Å². The smallest absolute Gasteiger partial charge is 0.342 e. The molecule has 0 radical (unpaired) electrons. The summed E-state index contributed by atoms with van der Waals surface area (Å²) in [5.41, 5.74) is 0.412. The molecule has 1 unspecified atom stereocenters. The third kappa shape index (κ3) is 6.79. The van der Waals surface area contributed by atoms with Gasteiger partial charge in [-0.3, -0.25) is 0 Å². The fourth-order valence-electron chi connectivity index (χ4n) is 1.43. The number of unbranched alkanes of at least 4 members (excludes halogenated alkanes) is 1. The molecule has 16 heavy (non-hydrogen) atoms. The van der Waals surface area contributed by atoms with Gasteiger partial charge in [0.15, 0.2) is 0 Å². The Morgan fingerprint density at radius 3 is 2.38 bits per heavy atom. The van der Waals surface area contributed by atoms with Gasteiger partial charge in [-0.25, -0.2) is 4.79 Å². The van der Waals surface area contributed by atoms with Crippen molar-refractivity contribution in [3.63, 3.8) is 0 Å². The summed E-state index contributed by atoms with van der Waals surface area (Å²) in [5, 5.41) is 0. The van der Waals surface area contributed by atoms with Gasteiger partial charge < -0.3 is 4.74 Å². The summed E-state index contributed by atoms with van der Waals surface area (Å²) in [6.45, 7) is 5.81. The number of rotatable bonds is 7. The minimum absolute atomic E-state index is 0.0773. The normalized spacial score (nSPS) is 13.3. The second-order valence-corrected chi connectivity index (χ2v) is 12.9. The summed E-state index contributed by atoms with van der Waals surface area (Å²) in [4.78, 5) is 11.4. The highest BCUT2D eigenvalue weighted by Gasteiger charge is 2.32. The van der Waals surface area contributed by atoms with Gasteiger partial charge in [0.05, 0.1) is 7.11 Å². The molecule has 0 aliphatic rings. The molecule has 0 spiro atoms. The summed E-state index contributed by atoms with van der Waals surface area (Å²) in [6.07, 6.45) is 2.83. The molecule has 0 bridgehead atoms. The van der Waals surface area contributed by atoms with E-state index in [2.05, 4.69) is 18.2 Å². The van der Waals surface area contributed by atoms with Crippen LogP contribution in [0, 0.1) is 5.92 Å². The lowest BCUT2D eigenvalue weighted by Crippen LogP contribution is -2.21. The lowest BCUT2D eigenvalue weighted by molar-refractivity contribution is -0.136. The minimum atomic E-state index is -2.74. The summed E-state index contributed by atoms with van der Waals surface area (Å²) in [7, 11) is 1.33. The predicted octanol–water partition coefficient (Wildman–Crippen LogP) is 4.18. The van der Waals surface area contributed by atoms with E-state index in [1.807, 2.05) is 0 Å². The van der Waals surface area contributed by atoms with Crippen molar-refractivity contribution < 1.29 is 9.53 Å². The Balaban J connectivity index is 4.53. The van der Waals surface area contributed by atoms with E-state index >= 15 is 0 Å². The molecule has 0 heterocycles. The summed E-state index contributed by atoms with van der Waals surface area (Å²) in [5.74, 6) is -0.490. The van der Waals surface area contributed by atoms with Crippen LogP contribution >= 0.6 is 33.2 Å². The summed E-state index contributed by atoms with van der Waals surface area (Å²) in [6, 6.07) is -2.32. The zero-order chi connectivity index (χ0) is 12.8. The first-order chi connectivity index (χ1) is 7.31. The van der Waals surface area contributed by atoms with E-state index in [4.69, 9.17) is 33.2 Å². The van der Waals surface area contributed by atoms with Gasteiger partial charge in [-0.05, 0) is 18.4 Å². The van der Waals surface area contributed by atoms with Crippen LogP contribution in [0.4, 0.5) is 0 Å². The molecule has 2 nitrogen and oxygen atoms in total. The number of halogens is 3. The highest BCUT2D eigenvalue weighted by molar-refractivity contribution is 7.64. The Morgan fingerprint density at radius 2 is 2.00 bits per heavy atom. The number of hydrogen-bond acceptors (Lipinski definition) is 2. The average molecular weight is 304 g/mol. The van der Waals surface area contributed by atoms with Gasteiger partial charge in [0.25, 0.3) is 0 Å². The van der Waals surface area contributed by atoms with Crippen molar-refractivity contribution in [3.05, 3.63) is 12.2 Å². The number of esters is 1. The van der Waals surface area contributed by atoms with Gasteiger partial charge in [-0.15, -0.1) is 33.2 Å². The molecule has 0 fully saturated rings. The molecular weight excluding hydrogens is 287 g/mol. The largest absolute Gasteiger partial charge is 0.466 e. The van der Waals surface area contributed by atoms with Gasteiger partial charge >= 0.3 is 12.0 Å². The van der Waals surface area contributed by atoms with Crippen LogP contribution in [0.2, 0.25) is 6.04 Å². The zero-order valence-corrected chi connectivity index (χ0v) is 12.8. The molecule has 0 saturated heterocycles. The van der Waals surface area contributed by atoms with Gasteiger partial charge in [0, 0.05) is 5.57 Å². The van der Waals surface area contributed by atoms with Crippen molar-refractivity contribution in [2.24, 2.45) is 5.92 Å². The third-order valence-electron chi connectivity index (χ3n) is 2.32. The van der Waals surface area contributed by atoms with Gasteiger partial charge in [-0.2, -0.15) is 0 Å². The van der Waals surface area contributed by atoms with Crippen molar-refractivity contribution in [2.75, 3.05) is 7.11 Å². The van der Waals surface area contributed by atoms with E-state index in [0.29, 0.717) is 11.6 Å². The van der Waals surface area contributed by atoms with Crippen LogP contribution < -0.4 is 0 Å². The fraction of sp³-hybridized carbons (Fsp3) is 0.700. The van der Waals surface area contributed by atoms with Crippen LogP contribution in [0.3, 0.4) is 0 Å². The first-order valence-electron chi connectivity index (χ1n) is 5.15. The Morgan fingerprint density at radius 1 is 1.44 bits per heavy atom. The van der Waals surface area contributed by atoms with Gasteiger partial charge in [-0.1, -0.05) is 26.3 Å². The fourth-order valence-corrected chi connectivity index (χ4v) is 4.11. The minimum Gasteiger partial charge on any atom is -0.466 e. The molecule has 0 saturated carbocycles. The Bertz CT molecular complexity index is 251. The van der Waals surface area contributed by atoms with Crippen molar-refractivity contribution in [1.29, 1.82) is 0 Å². The Labute approximate surface area is 112 Å². The maximum Gasteiger partial charge on any atom is 0.342 e. The van der Waals surface area contributed by atoms with Crippen LogP contribution in [-0.4, -0.2) is 19.1 Å². The number of carbonyl (C=O) groups excluding carboxylic acids is 1. The topological polar surface area (TPSA) is 26.3 Å². The van der Waals surface area contributed by atoms with Crippen LogP contribution in [-0.2, 0) is 9.53 Å². The van der Waals surface area contributed by atoms with Crippen molar-refractivity contribution in [1.82, 2.24) is 0 Å². The molecule has 94 valence electrons. The number of carbonyl (C=O) groups is 1. The van der Waals surface area contributed by atoms with E-state index in [0.717, 1.165) is 19.3 Å². The summed E-state index contributed by atoms with van der Waals surface area (Å²) < 4.78 is 4.64. The molecule has 0 aromatic rings. The zero-order valence-electron chi connectivity index (χ0n) is 9.56. The van der Waals surface area contributed by atoms with Crippen molar-refractivity contribution in [2.45, 2.75) is 32.2 Å². The molecule has 0 N–H and O–H groups in total. The molecule has 1 atom stereocenters. The van der Waals surface area contributed by atoms with Crippen LogP contribution in [0.15, 0.2) is 12.2 Å². The Hall–Kier alpha value is 0.297. The standard InChI is InChI=1S/C10H17Cl3O2Si/c1-4-5-6-9(7-16(11,12)13)8(2)10(14)15-3/h9H,2,4-7H2,1,3H3. The first-order valence-corrected chi connectivity index (χ1v) is 10.4. The highest BCUT2D eigenvalue weighted by atomic mass is 35.8.